The summed E-state index contributed by atoms with van der Waals surface area (Å²) in [6, 6.07) is 6.76. The van der Waals surface area contributed by atoms with E-state index in [-0.39, 0.29) is 11.3 Å². The number of halogens is 3. The van der Waals surface area contributed by atoms with Gasteiger partial charge in [0.2, 0.25) is 0 Å². The van der Waals surface area contributed by atoms with Crippen LogP contribution in [-0.4, -0.2) is 23.5 Å². The van der Waals surface area contributed by atoms with Crippen LogP contribution >= 0.6 is 0 Å². The third-order valence-electron chi connectivity index (χ3n) is 3.71. The van der Waals surface area contributed by atoms with Crippen LogP contribution in [-0.2, 0) is 16.5 Å². The summed E-state index contributed by atoms with van der Waals surface area (Å²) in [6.07, 6.45) is 1.95. The lowest BCUT2D eigenvalue weighted by atomic mass is 10.1. The van der Waals surface area contributed by atoms with Crippen molar-refractivity contribution in [2.75, 3.05) is 0 Å². The molecule has 0 atom stereocenters. The van der Waals surface area contributed by atoms with E-state index in [4.69, 9.17) is 0 Å². The number of benzene rings is 1. The zero-order valence-electron chi connectivity index (χ0n) is 12.8. The second-order valence-corrected chi connectivity index (χ2v) is 6.80. The van der Waals surface area contributed by atoms with Gasteiger partial charge >= 0.3 is 15.6 Å². The van der Waals surface area contributed by atoms with Gasteiger partial charge in [-0.25, -0.2) is 4.52 Å². The maximum atomic E-state index is 12.8. The zero-order valence-corrected chi connectivity index (χ0v) is 13.6. The van der Waals surface area contributed by atoms with Crippen LogP contribution < -0.4 is 4.18 Å². The lowest BCUT2D eigenvalue weighted by Crippen LogP contribution is -2.28. The van der Waals surface area contributed by atoms with Crippen LogP contribution in [0.1, 0.15) is 18.1 Å². The standard InChI is InChI=1S/C15H13F3N2O3S/c1-3-10-9(2)8-20-13(11-6-4-5-7-12(11)19-20)14(10)23-24(21,22)15(16,17)18/h4-8H,3H2,1-2H3. The van der Waals surface area contributed by atoms with Gasteiger partial charge in [0.1, 0.15) is 5.52 Å². The molecule has 0 saturated heterocycles. The largest absolute Gasteiger partial charge is 0.534 e. The lowest BCUT2D eigenvalue weighted by molar-refractivity contribution is -0.0499. The van der Waals surface area contributed by atoms with Crippen molar-refractivity contribution >= 4 is 26.5 Å². The first-order valence-corrected chi connectivity index (χ1v) is 8.47. The predicted octanol–water partition coefficient (Wildman–Crippen LogP) is 3.59. The molecule has 0 unspecified atom stereocenters. The molecule has 0 bridgehead atoms. The Labute approximate surface area is 135 Å². The highest BCUT2D eigenvalue weighted by atomic mass is 32.2. The third-order valence-corrected chi connectivity index (χ3v) is 4.67. The molecule has 0 aliphatic heterocycles. The molecule has 5 nitrogen and oxygen atoms in total. The first-order valence-electron chi connectivity index (χ1n) is 7.06. The highest BCUT2D eigenvalue weighted by Gasteiger charge is 2.49. The third kappa shape index (κ3) is 2.48. The molecule has 0 fully saturated rings. The molecule has 2 aromatic heterocycles. The van der Waals surface area contributed by atoms with Gasteiger partial charge in [-0.05, 0) is 25.0 Å². The van der Waals surface area contributed by atoms with Gasteiger partial charge in [-0.1, -0.05) is 25.1 Å². The summed E-state index contributed by atoms with van der Waals surface area (Å²) in [6.45, 7) is 3.38. The zero-order chi connectivity index (χ0) is 17.7. The Balaban J connectivity index is 2.39. The van der Waals surface area contributed by atoms with Crippen molar-refractivity contribution in [2.45, 2.75) is 25.8 Å². The average molecular weight is 358 g/mol. The van der Waals surface area contributed by atoms with Crippen molar-refractivity contribution in [1.82, 2.24) is 9.61 Å². The van der Waals surface area contributed by atoms with Crippen LogP contribution in [0.25, 0.3) is 16.4 Å². The van der Waals surface area contributed by atoms with Crippen molar-refractivity contribution in [2.24, 2.45) is 0 Å². The molecule has 9 heteroatoms. The molecular weight excluding hydrogens is 345 g/mol. The van der Waals surface area contributed by atoms with Gasteiger partial charge in [0, 0.05) is 17.1 Å². The van der Waals surface area contributed by atoms with Gasteiger partial charge in [0.25, 0.3) is 0 Å². The fourth-order valence-corrected chi connectivity index (χ4v) is 3.13. The van der Waals surface area contributed by atoms with Crippen LogP contribution in [0.2, 0.25) is 0 Å². The first kappa shape index (κ1) is 16.6. The van der Waals surface area contributed by atoms with Crippen LogP contribution in [0, 0.1) is 6.92 Å². The van der Waals surface area contributed by atoms with Crippen molar-refractivity contribution in [3.63, 3.8) is 0 Å². The summed E-state index contributed by atoms with van der Waals surface area (Å²) in [5.41, 5.74) is -3.80. The van der Waals surface area contributed by atoms with Gasteiger partial charge in [-0.3, -0.25) is 0 Å². The highest BCUT2D eigenvalue weighted by molar-refractivity contribution is 7.88. The van der Waals surface area contributed by atoms with E-state index < -0.39 is 15.6 Å². The van der Waals surface area contributed by atoms with Gasteiger partial charge in [-0.2, -0.15) is 26.7 Å². The monoisotopic (exact) mass is 358 g/mol. The first-order chi connectivity index (χ1) is 11.2. The van der Waals surface area contributed by atoms with Crippen molar-refractivity contribution < 1.29 is 25.8 Å². The van der Waals surface area contributed by atoms with Crippen molar-refractivity contribution in [3.05, 3.63) is 41.6 Å². The SMILES string of the molecule is CCc1c(C)cn2nc3ccccc3c2c1OS(=O)(=O)C(F)(F)F. The van der Waals surface area contributed by atoms with Crippen molar-refractivity contribution in [1.29, 1.82) is 0 Å². The molecule has 0 spiro atoms. The molecule has 0 aliphatic carbocycles. The maximum Gasteiger partial charge on any atom is 0.534 e. The highest BCUT2D eigenvalue weighted by Crippen LogP contribution is 2.37. The summed E-state index contributed by atoms with van der Waals surface area (Å²) >= 11 is 0. The number of pyridine rings is 1. The summed E-state index contributed by atoms with van der Waals surface area (Å²) in [5, 5.41) is 4.78. The number of nitrogens with zero attached hydrogens (tertiary/aromatic N) is 2. The number of rotatable bonds is 3. The maximum absolute atomic E-state index is 12.8. The Morgan fingerprint density at radius 3 is 2.54 bits per heavy atom. The van der Waals surface area contributed by atoms with Crippen LogP contribution in [0.15, 0.2) is 30.5 Å². The molecule has 3 aromatic rings. The normalized spacial score (nSPS) is 12.9. The average Bonchev–Trinajstić information content (AvgIpc) is 2.83. The second kappa shape index (κ2) is 5.37. The van der Waals surface area contributed by atoms with Gasteiger partial charge in [0.15, 0.2) is 5.75 Å². The Bertz CT molecular complexity index is 1040. The molecule has 2 heterocycles. The summed E-state index contributed by atoms with van der Waals surface area (Å²) in [7, 11) is -5.78. The smallest absolute Gasteiger partial charge is 0.373 e. The molecular formula is C15H13F3N2O3S. The topological polar surface area (TPSA) is 60.7 Å². The van der Waals surface area contributed by atoms with E-state index in [1.165, 1.54) is 4.52 Å². The molecule has 0 saturated carbocycles. The Kier molecular flexibility index (Phi) is 3.71. The minimum atomic E-state index is -5.78. The fraction of sp³-hybridized carbons (Fsp3) is 0.267. The van der Waals surface area contributed by atoms with E-state index >= 15 is 0 Å². The number of fused-ring (bicyclic) bond motifs is 3. The number of aromatic nitrogens is 2. The minimum Gasteiger partial charge on any atom is -0.373 e. The van der Waals surface area contributed by atoms with E-state index in [1.807, 2.05) is 0 Å². The van der Waals surface area contributed by atoms with E-state index in [9.17, 15) is 21.6 Å². The fourth-order valence-electron chi connectivity index (χ4n) is 2.64. The molecule has 128 valence electrons. The van der Waals surface area contributed by atoms with Gasteiger partial charge in [0.05, 0.1) is 5.52 Å². The molecule has 0 radical (unpaired) electrons. The molecule has 24 heavy (non-hydrogen) atoms. The second-order valence-electron chi connectivity index (χ2n) is 5.27. The Morgan fingerprint density at radius 1 is 1.25 bits per heavy atom. The van der Waals surface area contributed by atoms with Crippen LogP contribution in [0.3, 0.4) is 0 Å². The van der Waals surface area contributed by atoms with Crippen LogP contribution in [0.4, 0.5) is 13.2 Å². The Morgan fingerprint density at radius 2 is 1.92 bits per heavy atom. The number of aryl methyl sites for hydroxylation is 1. The van der Waals surface area contributed by atoms with Gasteiger partial charge in [-0.15, -0.1) is 0 Å². The molecule has 0 amide bonds. The van der Waals surface area contributed by atoms with Crippen LogP contribution in [0.5, 0.6) is 5.75 Å². The number of hydrogen-bond donors (Lipinski definition) is 0. The number of hydrogen-bond acceptors (Lipinski definition) is 4. The molecule has 0 N–H and O–H groups in total. The van der Waals surface area contributed by atoms with Crippen molar-refractivity contribution in [3.8, 4) is 5.75 Å². The molecule has 1 aromatic carbocycles. The van der Waals surface area contributed by atoms with E-state index in [0.29, 0.717) is 28.5 Å². The summed E-state index contributed by atoms with van der Waals surface area (Å²) in [5.74, 6) is -0.330. The Hall–Kier alpha value is -2.29. The summed E-state index contributed by atoms with van der Waals surface area (Å²) in [4.78, 5) is 0. The molecule has 3 rings (SSSR count). The number of alkyl halides is 3. The lowest BCUT2D eigenvalue weighted by Gasteiger charge is -2.15. The summed E-state index contributed by atoms with van der Waals surface area (Å²) < 4.78 is 67.2. The van der Waals surface area contributed by atoms with E-state index in [1.54, 1.807) is 44.3 Å². The van der Waals surface area contributed by atoms with E-state index in [2.05, 4.69) is 9.28 Å². The minimum absolute atomic E-state index is 0.195. The quantitative estimate of drug-likeness (QED) is 0.530. The van der Waals surface area contributed by atoms with E-state index in [0.717, 1.165) is 0 Å². The molecule has 0 aliphatic rings. The van der Waals surface area contributed by atoms with Gasteiger partial charge < -0.3 is 4.18 Å². The predicted molar refractivity (Wildman–Crippen MR) is 82.4 cm³/mol.